The minimum Gasteiger partial charge on any atom is -0.382 e. The molecule has 0 amide bonds. The summed E-state index contributed by atoms with van der Waals surface area (Å²) in [5.74, 6) is 0.747. The zero-order chi connectivity index (χ0) is 17.3. The van der Waals surface area contributed by atoms with Crippen LogP contribution in [0, 0.1) is 11.3 Å². The van der Waals surface area contributed by atoms with Gasteiger partial charge in [-0.2, -0.15) is 0 Å². The Bertz CT molecular complexity index is 284. The van der Waals surface area contributed by atoms with Crippen LogP contribution in [0.2, 0.25) is 0 Å². The van der Waals surface area contributed by atoms with Crippen LogP contribution in [0.5, 0.6) is 0 Å². The van der Waals surface area contributed by atoms with E-state index in [0.717, 1.165) is 11.6 Å². The Hall–Kier alpha value is -1.31. The lowest BCUT2D eigenvalue weighted by molar-refractivity contribution is 0.363. The molecule has 1 rings (SSSR count). The van der Waals surface area contributed by atoms with Gasteiger partial charge in [0.25, 0.3) is 0 Å². The van der Waals surface area contributed by atoms with Crippen molar-refractivity contribution >= 4 is 6.21 Å². The summed E-state index contributed by atoms with van der Waals surface area (Å²) in [5, 5.41) is 9.55. The summed E-state index contributed by atoms with van der Waals surface area (Å²) in [6.07, 6.45) is 9.19. The Labute approximate surface area is 133 Å². The van der Waals surface area contributed by atoms with E-state index in [9.17, 15) is 0 Å². The van der Waals surface area contributed by atoms with Gasteiger partial charge in [0.2, 0.25) is 0 Å². The van der Waals surface area contributed by atoms with Gasteiger partial charge in [0.1, 0.15) is 0 Å². The summed E-state index contributed by atoms with van der Waals surface area (Å²) in [6, 6.07) is 0.538. The molecule has 124 valence electrons. The van der Waals surface area contributed by atoms with Crippen molar-refractivity contribution in [1.29, 1.82) is 5.41 Å². The molecular weight excluding hydrogens is 256 g/mol. The van der Waals surface area contributed by atoms with E-state index in [-0.39, 0.29) is 0 Å². The van der Waals surface area contributed by atoms with E-state index in [2.05, 4.69) is 38.4 Å². The molecule has 0 bridgehead atoms. The van der Waals surface area contributed by atoms with Crippen molar-refractivity contribution in [2.75, 3.05) is 0 Å². The normalized spacial score (nSPS) is 21.2. The highest BCUT2D eigenvalue weighted by Crippen LogP contribution is 2.28. The SMILES string of the molecule is C=C(C)NC1/C(=C\C)CCCC1C.C=CC.CC.CC=N. The van der Waals surface area contributed by atoms with E-state index in [1.165, 1.54) is 25.5 Å². The summed E-state index contributed by atoms with van der Waals surface area (Å²) in [7, 11) is 0. The van der Waals surface area contributed by atoms with E-state index in [0.29, 0.717) is 6.04 Å². The van der Waals surface area contributed by atoms with Gasteiger partial charge in [-0.25, -0.2) is 0 Å². The van der Waals surface area contributed by atoms with Gasteiger partial charge in [0, 0.05) is 11.7 Å². The lowest BCUT2D eigenvalue weighted by Gasteiger charge is -2.33. The molecular formula is C19H38N2. The largest absolute Gasteiger partial charge is 0.382 e. The highest BCUT2D eigenvalue weighted by atomic mass is 14.9. The smallest absolute Gasteiger partial charge is 0.0495 e. The van der Waals surface area contributed by atoms with Crippen molar-refractivity contribution in [3.05, 3.63) is 36.6 Å². The third-order valence-corrected chi connectivity index (χ3v) is 2.87. The summed E-state index contributed by atoms with van der Waals surface area (Å²) in [6.45, 7) is 21.3. The summed E-state index contributed by atoms with van der Waals surface area (Å²) >= 11 is 0. The second kappa shape index (κ2) is 18.7. The molecule has 2 unspecified atom stereocenters. The zero-order valence-corrected chi connectivity index (χ0v) is 15.4. The van der Waals surface area contributed by atoms with Crippen LogP contribution in [0.25, 0.3) is 0 Å². The molecule has 0 radical (unpaired) electrons. The summed E-state index contributed by atoms with van der Waals surface area (Å²) in [4.78, 5) is 0. The van der Waals surface area contributed by atoms with Crippen molar-refractivity contribution in [3.63, 3.8) is 0 Å². The van der Waals surface area contributed by atoms with Crippen LogP contribution in [0.3, 0.4) is 0 Å². The molecule has 2 atom stereocenters. The number of hydrogen-bond acceptors (Lipinski definition) is 2. The Morgan fingerprint density at radius 1 is 1.29 bits per heavy atom. The Kier molecular flexibility index (Phi) is 22.0. The van der Waals surface area contributed by atoms with E-state index in [4.69, 9.17) is 5.41 Å². The van der Waals surface area contributed by atoms with Gasteiger partial charge in [-0.05, 0) is 59.1 Å². The molecule has 0 aromatic rings. The molecule has 1 aliphatic carbocycles. The molecule has 0 spiro atoms. The number of hydrogen-bond donors (Lipinski definition) is 2. The fourth-order valence-electron chi connectivity index (χ4n) is 2.14. The fourth-order valence-corrected chi connectivity index (χ4v) is 2.14. The molecule has 0 aromatic heterocycles. The second-order valence-corrected chi connectivity index (χ2v) is 4.83. The first-order chi connectivity index (χ1) is 9.98. The first-order valence-corrected chi connectivity index (χ1v) is 8.07. The first kappa shape index (κ1) is 24.7. The van der Waals surface area contributed by atoms with Crippen molar-refractivity contribution in [3.8, 4) is 0 Å². The molecule has 0 saturated heterocycles. The topological polar surface area (TPSA) is 35.9 Å². The molecule has 0 aliphatic heterocycles. The lowest BCUT2D eigenvalue weighted by Crippen LogP contribution is -2.37. The van der Waals surface area contributed by atoms with Crippen LogP contribution in [-0.4, -0.2) is 12.3 Å². The molecule has 1 saturated carbocycles. The van der Waals surface area contributed by atoms with Gasteiger partial charge in [-0.15, -0.1) is 6.58 Å². The lowest BCUT2D eigenvalue weighted by atomic mass is 9.81. The van der Waals surface area contributed by atoms with E-state index >= 15 is 0 Å². The monoisotopic (exact) mass is 294 g/mol. The van der Waals surface area contributed by atoms with E-state index in [1.807, 2.05) is 27.7 Å². The predicted molar refractivity (Wildman–Crippen MR) is 100 cm³/mol. The Morgan fingerprint density at radius 2 is 1.71 bits per heavy atom. The van der Waals surface area contributed by atoms with Crippen LogP contribution in [-0.2, 0) is 0 Å². The Balaban J connectivity index is -0.000000342. The molecule has 2 nitrogen and oxygen atoms in total. The molecule has 0 aromatic carbocycles. The van der Waals surface area contributed by atoms with Gasteiger partial charge in [-0.3, -0.25) is 0 Å². The molecule has 0 heterocycles. The highest BCUT2D eigenvalue weighted by Gasteiger charge is 2.24. The van der Waals surface area contributed by atoms with Crippen LogP contribution >= 0.6 is 0 Å². The van der Waals surface area contributed by atoms with Crippen molar-refractivity contribution in [1.82, 2.24) is 5.32 Å². The Morgan fingerprint density at radius 3 is 2.05 bits per heavy atom. The minimum atomic E-state index is 0.538. The standard InChI is InChI=1S/C12H21N.C3H6.C2H5N.C2H6/c1-5-11-8-6-7-10(4)12(11)13-9(2)3;1-3-2;1-2-3;1-2/h5,10,12-13H,2,6-8H2,1,3-4H3;3H,1H2,2H3;2-3H,1H3;1-2H3/b11-5-;;;. The summed E-state index contributed by atoms with van der Waals surface area (Å²) in [5.41, 5.74) is 2.64. The van der Waals surface area contributed by atoms with Gasteiger partial charge in [-0.1, -0.05) is 45.1 Å². The van der Waals surface area contributed by atoms with Crippen LogP contribution in [0.1, 0.15) is 67.7 Å². The van der Waals surface area contributed by atoms with Crippen LogP contribution in [0.15, 0.2) is 36.6 Å². The number of allylic oxidation sites excluding steroid dienone is 3. The molecule has 21 heavy (non-hydrogen) atoms. The molecule has 2 N–H and O–H groups in total. The minimum absolute atomic E-state index is 0.538. The molecule has 2 heteroatoms. The van der Waals surface area contributed by atoms with Gasteiger partial charge in [0.15, 0.2) is 0 Å². The average Bonchev–Trinajstić information content (AvgIpc) is 2.44. The van der Waals surface area contributed by atoms with Crippen molar-refractivity contribution < 1.29 is 0 Å². The number of nitrogens with one attached hydrogen (secondary N) is 2. The maximum atomic E-state index is 6.08. The molecule has 1 aliphatic rings. The van der Waals surface area contributed by atoms with Crippen molar-refractivity contribution in [2.24, 2.45) is 5.92 Å². The average molecular weight is 295 g/mol. The zero-order valence-electron chi connectivity index (χ0n) is 15.4. The second-order valence-electron chi connectivity index (χ2n) is 4.83. The van der Waals surface area contributed by atoms with Gasteiger partial charge in [0.05, 0.1) is 0 Å². The van der Waals surface area contributed by atoms with Crippen LogP contribution in [0.4, 0.5) is 0 Å². The van der Waals surface area contributed by atoms with Crippen molar-refractivity contribution in [2.45, 2.75) is 73.8 Å². The highest BCUT2D eigenvalue weighted by molar-refractivity contribution is 5.48. The van der Waals surface area contributed by atoms with Gasteiger partial charge < -0.3 is 10.7 Å². The summed E-state index contributed by atoms with van der Waals surface area (Å²) < 4.78 is 0. The predicted octanol–water partition coefficient (Wildman–Crippen LogP) is 6.12. The van der Waals surface area contributed by atoms with Crippen LogP contribution < -0.4 is 5.32 Å². The first-order valence-electron chi connectivity index (χ1n) is 8.07. The third-order valence-electron chi connectivity index (χ3n) is 2.87. The maximum absolute atomic E-state index is 6.08. The fraction of sp³-hybridized carbons (Fsp3) is 0.632. The van der Waals surface area contributed by atoms with E-state index in [1.54, 1.807) is 18.6 Å². The third kappa shape index (κ3) is 14.9. The van der Waals surface area contributed by atoms with Gasteiger partial charge >= 0.3 is 0 Å². The maximum Gasteiger partial charge on any atom is 0.0495 e. The quantitative estimate of drug-likeness (QED) is 0.467. The number of rotatable bonds is 2. The van der Waals surface area contributed by atoms with E-state index < -0.39 is 0 Å². The molecule has 1 fully saturated rings.